The van der Waals surface area contributed by atoms with E-state index in [0.717, 1.165) is 23.9 Å². The third-order valence-electron chi connectivity index (χ3n) is 3.84. The molecule has 1 fully saturated rings. The predicted molar refractivity (Wildman–Crippen MR) is 80.9 cm³/mol. The SMILES string of the molecule is CCOC(=O)C(C)(Cn1cnc2ccccc21)NC1CC1. The normalized spacial score (nSPS) is 17.6. The summed E-state index contributed by atoms with van der Waals surface area (Å²) in [5, 5.41) is 3.43. The third kappa shape index (κ3) is 2.93. The molecule has 0 bridgehead atoms. The van der Waals surface area contributed by atoms with E-state index in [4.69, 9.17) is 4.74 Å². The van der Waals surface area contributed by atoms with Crippen molar-refractivity contribution in [3.63, 3.8) is 0 Å². The predicted octanol–water partition coefficient (Wildman–Crippen LogP) is 2.11. The van der Waals surface area contributed by atoms with Crippen molar-refractivity contribution in [3.05, 3.63) is 30.6 Å². The highest BCUT2D eigenvalue weighted by Crippen LogP contribution is 2.25. The zero-order chi connectivity index (χ0) is 14.9. The fourth-order valence-corrected chi connectivity index (χ4v) is 2.61. The lowest BCUT2D eigenvalue weighted by atomic mass is 10.0. The molecule has 0 saturated heterocycles. The maximum absolute atomic E-state index is 12.4. The first-order valence-electron chi connectivity index (χ1n) is 7.47. The molecule has 1 heterocycles. The molecule has 1 atom stereocenters. The molecule has 5 nitrogen and oxygen atoms in total. The molecule has 112 valence electrons. The van der Waals surface area contributed by atoms with Gasteiger partial charge in [0, 0.05) is 6.04 Å². The van der Waals surface area contributed by atoms with Gasteiger partial charge in [-0.15, -0.1) is 0 Å². The van der Waals surface area contributed by atoms with E-state index in [-0.39, 0.29) is 5.97 Å². The summed E-state index contributed by atoms with van der Waals surface area (Å²) >= 11 is 0. The topological polar surface area (TPSA) is 56.2 Å². The van der Waals surface area contributed by atoms with Crippen LogP contribution in [0, 0.1) is 0 Å². The number of benzene rings is 1. The van der Waals surface area contributed by atoms with Crippen LogP contribution in [0.5, 0.6) is 0 Å². The molecule has 3 rings (SSSR count). The molecule has 1 aliphatic rings. The van der Waals surface area contributed by atoms with Crippen LogP contribution in [0.15, 0.2) is 30.6 Å². The van der Waals surface area contributed by atoms with E-state index in [2.05, 4.69) is 10.3 Å². The van der Waals surface area contributed by atoms with E-state index in [1.807, 2.05) is 42.7 Å². The van der Waals surface area contributed by atoms with Gasteiger partial charge in [-0.3, -0.25) is 5.32 Å². The van der Waals surface area contributed by atoms with Crippen LogP contribution < -0.4 is 5.32 Å². The van der Waals surface area contributed by atoms with Crippen LogP contribution in [0.25, 0.3) is 11.0 Å². The van der Waals surface area contributed by atoms with Gasteiger partial charge in [-0.1, -0.05) is 12.1 Å². The Balaban J connectivity index is 1.87. The smallest absolute Gasteiger partial charge is 0.327 e. The number of hydrogen-bond donors (Lipinski definition) is 1. The second-order valence-electron chi connectivity index (χ2n) is 5.83. The lowest BCUT2D eigenvalue weighted by molar-refractivity contribution is -0.151. The molecule has 0 amide bonds. The molecule has 0 spiro atoms. The van der Waals surface area contributed by atoms with Gasteiger partial charge in [0.2, 0.25) is 0 Å². The van der Waals surface area contributed by atoms with E-state index in [1.165, 1.54) is 0 Å². The highest BCUT2D eigenvalue weighted by molar-refractivity contribution is 5.81. The first kappa shape index (κ1) is 14.1. The quantitative estimate of drug-likeness (QED) is 0.827. The number of ether oxygens (including phenoxy) is 1. The minimum Gasteiger partial charge on any atom is -0.465 e. The molecular formula is C16H21N3O2. The molecule has 1 saturated carbocycles. The summed E-state index contributed by atoms with van der Waals surface area (Å²) < 4.78 is 7.28. The molecule has 21 heavy (non-hydrogen) atoms. The first-order valence-corrected chi connectivity index (χ1v) is 7.47. The fourth-order valence-electron chi connectivity index (χ4n) is 2.61. The summed E-state index contributed by atoms with van der Waals surface area (Å²) in [5.74, 6) is -0.199. The van der Waals surface area contributed by atoms with Crippen molar-refractivity contribution >= 4 is 17.0 Å². The average Bonchev–Trinajstić information content (AvgIpc) is 3.19. The molecule has 0 aliphatic heterocycles. The Kier molecular flexibility index (Phi) is 3.68. The maximum atomic E-state index is 12.4. The lowest BCUT2D eigenvalue weighted by Crippen LogP contribution is -2.54. The van der Waals surface area contributed by atoms with E-state index in [9.17, 15) is 4.79 Å². The largest absolute Gasteiger partial charge is 0.465 e. The molecule has 1 N–H and O–H groups in total. The van der Waals surface area contributed by atoms with E-state index >= 15 is 0 Å². The van der Waals surface area contributed by atoms with E-state index in [1.54, 1.807) is 6.33 Å². The number of fused-ring (bicyclic) bond motifs is 1. The second kappa shape index (κ2) is 5.48. The Morgan fingerprint density at radius 2 is 2.24 bits per heavy atom. The Morgan fingerprint density at radius 3 is 2.95 bits per heavy atom. The number of nitrogens with zero attached hydrogens (tertiary/aromatic N) is 2. The second-order valence-corrected chi connectivity index (χ2v) is 5.83. The number of aromatic nitrogens is 2. The molecule has 2 aromatic rings. The Hall–Kier alpha value is -1.88. The summed E-state index contributed by atoms with van der Waals surface area (Å²) in [6, 6.07) is 8.37. The van der Waals surface area contributed by atoms with Gasteiger partial charge in [-0.05, 0) is 38.8 Å². The Labute approximate surface area is 124 Å². The number of imidazole rings is 1. The van der Waals surface area contributed by atoms with Crippen molar-refractivity contribution in [2.24, 2.45) is 0 Å². The molecular weight excluding hydrogens is 266 g/mol. The maximum Gasteiger partial charge on any atom is 0.327 e. The van der Waals surface area contributed by atoms with Crippen molar-refractivity contribution in [2.75, 3.05) is 6.61 Å². The summed E-state index contributed by atoms with van der Waals surface area (Å²) in [5.41, 5.74) is 1.25. The summed E-state index contributed by atoms with van der Waals surface area (Å²) in [6.07, 6.45) is 4.04. The van der Waals surface area contributed by atoms with Gasteiger partial charge in [0.05, 0.1) is 30.5 Å². The van der Waals surface area contributed by atoms with Gasteiger partial charge in [-0.2, -0.15) is 0 Å². The molecule has 1 aromatic heterocycles. The van der Waals surface area contributed by atoms with Crippen LogP contribution in [0.3, 0.4) is 0 Å². The van der Waals surface area contributed by atoms with Crippen LogP contribution in [-0.4, -0.2) is 33.7 Å². The zero-order valence-corrected chi connectivity index (χ0v) is 12.5. The van der Waals surface area contributed by atoms with Crippen LogP contribution in [0.1, 0.15) is 26.7 Å². The van der Waals surface area contributed by atoms with Crippen LogP contribution >= 0.6 is 0 Å². The van der Waals surface area contributed by atoms with Gasteiger partial charge in [0.1, 0.15) is 5.54 Å². The standard InChI is InChI=1S/C16H21N3O2/c1-3-21-15(20)16(2,18-12-8-9-12)10-19-11-17-13-6-4-5-7-14(13)19/h4-7,11-12,18H,3,8-10H2,1-2H3. The molecule has 1 aromatic carbocycles. The lowest BCUT2D eigenvalue weighted by Gasteiger charge is -2.29. The summed E-state index contributed by atoms with van der Waals surface area (Å²) in [4.78, 5) is 16.8. The number of para-hydroxylation sites is 2. The van der Waals surface area contributed by atoms with Crippen molar-refractivity contribution < 1.29 is 9.53 Å². The Bertz CT molecular complexity index is 648. The van der Waals surface area contributed by atoms with E-state index in [0.29, 0.717) is 19.2 Å². The fraction of sp³-hybridized carbons (Fsp3) is 0.500. The number of rotatable bonds is 6. The number of carbonyl (C=O) groups is 1. The molecule has 5 heteroatoms. The van der Waals surface area contributed by atoms with Crippen LogP contribution in [-0.2, 0) is 16.1 Å². The van der Waals surface area contributed by atoms with Crippen LogP contribution in [0.4, 0.5) is 0 Å². The zero-order valence-electron chi connectivity index (χ0n) is 12.5. The summed E-state index contributed by atoms with van der Waals surface area (Å²) in [6.45, 7) is 4.66. The van der Waals surface area contributed by atoms with Crippen molar-refractivity contribution in [2.45, 2.75) is 44.8 Å². The molecule has 1 aliphatic carbocycles. The van der Waals surface area contributed by atoms with E-state index < -0.39 is 5.54 Å². The first-order chi connectivity index (χ1) is 10.1. The molecule has 1 unspecified atom stereocenters. The molecule has 0 radical (unpaired) electrons. The minimum atomic E-state index is -0.722. The number of nitrogens with one attached hydrogen (secondary N) is 1. The Morgan fingerprint density at radius 1 is 1.48 bits per heavy atom. The van der Waals surface area contributed by atoms with Gasteiger partial charge in [0.25, 0.3) is 0 Å². The number of esters is 1. The third-order valence-corrected chi connectivity index (χ3v) is 3.84. The monoisotopic (exact) mass is 287 g/mol. The van der Waals surface area contributed by atoms with Gasteiger partial charge in [-0.25, -0.2) is 9.78 Å². The van der Waals surface area contributed by atoms with Gasteiger partial charge >= 0.3 is 5.97 Å². The number of hydrogen-bond acceptors (Lipinski definition) is 4. The van der Waals surface area contributed by atoms with Crippen molar-refractivity contribution in [1.82, 2.24) is 14.9 Å². The highest BCUT2D eigenvalue weighted by Gasteiger charge is 2.40. The van der Waals surface area contributed by atoms with Crippen molar-refractivity contribution in [1.29, 1.82) is 0 Å². The number of carbonyl (C=O) groups excluding carboxylic acids is 1. The van der Waals surface area contributed by atoms with Crippen molar-refractivity contribution in [3.8, 4) is 0 Å². The van der Waals surface area contributed by atoms with Gasteiger partial charge < -0.3 is 9.30 Å². The highest BCUT2D eigenvalue weighted by atomic mass is 16.5. The van der Waals surface area contributed by atoms with Gasteiger partial charge in [0.15, 0.2) is 0 Å². The summed E-state index contributed by atoms with van der Waals surface area (Å²) in [7, 11) is 0. The average molecular weight is 287 g/mol. The van der Waals surface area contributed by atoms with Crippen LogP contribution in [0.2, 0.25) is 0 Å². The minimum absolute atomic E-state index is 0.199.